The van der Waals surface area contributed by atoms with Crippen LogP contribution >= 0.6 is 0 Å². The molecule has 0 bridgehead atoms. The van der Waals surface area contributed by atoms with E-state index in [1.54, 1.807) is 0 Å². The number of carbonyl (C=O) groups excluding carboxylic acids is 2. The average Bonchev–Trinajstić information content (AvgIpc) is 2.53. The molecule has 0 aliphatic heterocycles. The summed E-state index contributed by atoms with van der Waals surface area (Å²) < 4.78 is 0. The quantitative estimate of drug-likeness (QED) is 0.882. The van der Waals surface area contributed by atoms with Crippen LogP contribution in [0.1, 0.15) is 19.4 Å². The van der Waals surface area contributed by atoms with E-state index in [2.05, 4.69) is 5.32 Å². The maximum Gasteiger partial charge on any atom is 0.316 e. The molecule has 0 saturated carbocycles. The molecule has 0 aliphatic rings. The summed E-state index contributed by atoms with van der Waals surface area (Å²) in [5.74, 6) is -1.14. The number of benzene rings is 2. The highest BCUT2D eigenvalue weighted by atomic mass is 16.2. The van der Waals surface area contributed by atoms with E-state index in [0.717, 1.165) is 5.56 Å². The van der Waals surface area contributed by atoms with Crippen LogP contribution in [0.3, 0.4) is 0 Å². The molecule has 0 aromatic heterocycles. The van der Waals surface area contributed by atoms with Crippen molar-refractivity contribution >= 4 is 17.5 Å². The Bertz CT molecular complexity index is 624. The van der Waals surface area contributed by atoms with Crippen molar-refractivity contribution in [1.82, 2.24) is 5.32 Å². The van der Waals surface area contributed by atoms with Crippen LogP contribution in [0.5, 0.6) is 0 Å². The number of nitrogens with zero attached hydrogens (tertiary/aromatic N) is 1. The van der Waals surface area contributed by atoms with Crippen molar-refractivity contribution in [3.8, 4) is 0 Å². The van der Waals surface area contributed by atoms with Gasteiger partial charge in [-0.25, -0.2) is 0 Å². The summed E-state index contributed by atoms with van der Waals surface area (Å²) in [5.41, 5.74) is 1.67. The minimum atomic E-state index is -0.588. The van der Waals surface area contributed by atoms with Gasteiger partial charge in [-0.15, -0.1) is 0 Å². The van der Waals surface area contributed by atoms with E-state index in [-0.39, 0.29) is 6.04 Å². The van der Waals surface area contributed by atoms with Gasteiger partial charge in [-0.1, -0.05) is 48.5 Å². The van der Waals surface area contributed by atoms with Crippen LogP contribution in [-0.4, -0.2) is 17.9 Å². The lowest BCUT2D eigenvalue weighted by Crippen LogP contribution is -2.45. The summed E-state index contributed by atoms with van der Waals surface area (Å²) in [6, 6.07) is 18.8. The first kappa shape index (κ1) is 15.8. The van der Waals surface area contributed by atoms with E-state index in [4.69, 9.17) is 0 Å². The van der Waals surface area contributed by atoms with Gasteiger partial charge in [0.25, 0.3) is 0 Å². The Kier molecular flexibility index (Phi) is 5.31. The molecule has 22 heavy (non-hydrogen) atoms. The highest BCUT2D eigenvalue weighted by Gasteiger charge is 2.23. The Morgan fingerprint density at radius 3 is 2.05 bits per heavy atom. The van der Waals surface area contributed by atoms with Crippen molar-refractivity contribution in [2.24, 2.45) is 0 Å². The molecule has 1 N–H and O–H groups in total. The number of carbonyl (C=O) groups is 2. The standard InChI is InChI=1S/C18H20N2O2/c1-14(2)19-17(21)18(22)20(16-11-7-4-8-12-16)13-15-9-5-3-6-10-15/h3-12,14H,13H2,1-2H3,(H,19,21). The third-order valence-corrected chi connectivity index (χ3v) is 3.11. The maximum atomic E-state index is 12.5. The monoisotopic (exact) mass is 296 g/mol. The first-order chi connectivity index (χ1) is 10.6. The van der Waals surface area contributed by atoms with E-state index in [1.807, 2.05) is 74.5 Å². The zero-order valence-corrected chi connectivity index (χ0v) is 12.8. The van der Waals surface area contributed by atoms with Crippen LogP contribution in [0, 0.1) is 0 Å². The fraction of sp³-hybridized carbons (Fsp3) is 0.222. The largest absolute Gasteiger partial charge is 0.346 e. The lowest BCUT2D eigenvalue weighted by atomic mass is 10.2. The Hall–Kier alpha value is -2.62. The molecule has 0 radical (unpaired) electrons. The Morgan fingerprint density at radius 1 is 0.955 bits per heavy atom. The molecule has 2 amide bonds. The van der Waals surface area contributed by atoms with Crippen LogP contribution in [0.15, 0.2) is 60.7 Å². The second-order valence-corrected chi connectivity index (χ2v) is 5.34. The molecule has 0 heterocycles. The van der Waals surface area contributed by atoms with Gasteiger partial charge >= 0.3 is 11.8 Å². The highest BCUT2D eigenvalue weighted by Crippen LogP contribution is 2.17. The topological polar surface area (TPSA) is 49.4 Å². The molecule has 2 aromatic carbocycles. The van der Waals surface area contributed by atoms with E-state index in [9.17, 15) is 9.59 Å². The van der Waals surface area contributed by atoms with Gasteiger partial charge in [0.1, 0.15) is 0 Å². The normalized spacial score (nSPS) is 10.3. The van der Waals surface area contributed by atoms with Crippen molar-refractivity contribution < 1.29 is 9.59 Å². The van der Waals surface area contributed by atoms with Crippen molar-refractivity contribution in [3.05, 3.63) is 66.2 Å². The fourth-order valence-electron chi connectivity index (χ4n) is 2.10. The smallest absolute Gasteiger partial charge is 0.316 e. The summed E-state index contributed by atoms with van der Waals surface area (Å²) in [6.07, 6.45) is 0. The number of hydrogen-bond acceptors (Lipinski definition) is 2. The van der Waals surface area contributed by atoms with Gasteiger partial charge in [0, 0.05) is 11.7 Å². The molecule has 4 heteroatoms. The molecule has 4 nitrogen and oxygen atoms in total. The van der Waals surface area contributed by atoms with Crippen LogP contribution in [0.4, 0.5) is 5.69 Å². The third-order valence-electron chi connectivity index (χ3n) is 3.11. The lowest BCUT2D eigenvalue weighted by Gasteiger charge is -2.23. The number of amides is 2. The van der Waals surface area contributed by atoms with Gasteiger partial charge in [0.15, 0.2) is 0 Å². The summed E-state index contributed by atoms with van der Waals surface area (Å²) in [6.45, 7) is 4.01. The Morgan fingerprint density at radius 2 is 1.50 bits per heavy atom. The fourth-order valence-corrected chi connectivity index (χ4v) is 2.10. The van der Waals surface area contributed by atoms with Gasteiger partial charge in [-0.3, -0.25) is 14.5 Å². The zero-order chi connectivity index (χ0) is 15.9. The molecule has 114 valence electrons. The molecule has 2 rings (SSSR count). The minimum Gasteiger partial charge on any atom is -0.346 e. The van der Waals surface area contributed by atoms with Crippen LogP contribution in [0.2, 0.25) is 0 Å². The SMILES string of the molecule is CC(C)NC(=O)C(=O)N(Cc1ccccc1)c1ccccc1. The van der Waals surface area contributed by atoms with Crippen molar-refractivity contribution in [3.63, 3.8) is 0 Å². The predicted molar refractivity (Wildman–Crippen MR) is 87.4 cm³/mol. The number of rotatable bonds is 4. The molecule has 0 unspecified atom stereocenters. The minimum absolute atomic E-state index is 0.0780. The highest BCUT2D eigenvalue weighted by molar-refractivity contribution is 6.40. The first-order valence-corrected chi connectivity index (χ1v) is 7.29. The van der Waals surface area contributed by atoms with E-state index >= 15 is 0 Å². The second-order valence-electron chi connectivity index (χ2n) is 5.34. The van der Waals surface area contributed by atoms with Crippen LogP contribution < -0.4 is 10.2 Å². The summed E-state index contributed by atoms with van der Waals surface area (Å²) in [5, 5.41) is 2.65. The molecular formula is C18H20N2O2. The second kappa shape index (κ2) is 7.41. The zero-order valence-electron chi connectivity index (χ0n) is 12.8. The van der Waals surface area contributed by atoms with Crippen LogP contribution in [-0.2, 0) is 16.1 Å². The molecule has 0 atom stereocenters. The third kappa shape index (κ3) is 4.19. The molecular weight excluding hydrogens is 276 g/mol. The first-order valence-electron chi connectivity index (χ1n) is 7.29. The van der Waals surface area contributed by atoms with Crippen molar-refractivity contribution in [2.45, 2.75) is 26.4 Å². The molecule has 0 aliphatic carbocycles. The maximum absolute atomic E-state index is 12.5. The summed E-state index contributed by atoms with van der Waals surface area (Å²) >= 11 is 0. The van der Waals surface area contributed by atoms with Gasteiger partial charge in [0.2, 0.25) is 0 Å². The van der Waals surface area contributed by atoms with E-state index in [1.165, 1.54) is 4.90 Å². The number of anilines is 1. The number of nitrogens with one attached hydrogen (secondary N) is 1. The Labute approximate surface area is 130 Å². The average molecular weight is 296 g/mol. The summed E-state index contributed by atoms with van der Waals surface area (Å²) in [4.78, 5) is 26.0. The lowest BCUT2D eigenvalue weighted by molar-refractivity contribution is -0.138. The van der Waals surface area contributed by atoms with Crippen molar-refractivity contribution in [1.29, 1.82) is 0 Å². The van der Waals surface area contributed by atoms with Crippen LogP contribution in [0.25, 0.3) is 0 Å². The summed E-state index contributed by atoms with van der Waals surface area (Å²) in [7, 11) is 0. The molecule has 0 fully saturated rings. The number of para-hydroxylation sites is 1. The van der Waals surface area contributed by atoms with E-state index in [0.29, 0.717) is 12.2 Å². The molecule has 0 saturated heterocycles. The molecule has 0 spiro atoms. The van der Waals surface area contributed by atoms with Gasteiger partial charge in [-0.2, -0.15) is 0 Å². The Balaban J connectivity index is 2.26. The van der Waals surface area contributed by atoms with Gasteiger partial charge < -0.3 is 5.32 Å². The van der Waals surface area contributed by atoms with Gasteiger partial charge in [0.05, 0.1) is 6.54 Å². The predicted octanol–water partition coefficient (Wildman–Crippen LogP) is 2.74. The molecule has 2 aromatic rings. The van der Waals surface area contributed by atoms with E-state index < -0.39 is 11.8 Å². The van der Waals surface area contributed by atoms with Crippen molar-refractivity contribution in [2.75, 3.05) is 4.90 Å². The number of hydrogen-bond donors (Lipinski definition) is 1. The van der Waals surface area contributed by atoms with Gasteiger partial charge in [-0.05, 0) is 31.5 Å².